The second-order valence-electron chi connectivity index (χ2n) is 7.48. The van der Waals surface area contributed by atoms with E-state index in [1.807, 2.05) is 31.2 Å². The van der Waals surface area contributed by atoms with E-state index in [-0.39, 0.29) is 11.3 Å². The van der Waals surface area contributed by atoms with Crippen LogP contribution in [0.1, 0.15) is 33.2 Å². The molecule has 32 heavy (non-hydrogen) atoms. The van der Waals surface area contributed by atoms with Gasteiger partial charge in [0.2, 0.25) is 5.78 Å². The molecule has 0 radical (unpaired) electrons. The predicted octanol–water partition coefficient (Wildman–Crippen LogP) is 6.95. The van der Waals surface area contributed by atoms with Crippen LogP contribution in [0.15, 0.2) is 72.8 Å². The first-order valence-electron chi connectivity index (χ1n) is 10.0. The highest BCUT2D eigenvalue weighted by Gasteiger charge is 2.23. The minimum Gasteiger partial charge on any atom is -0.451 e. The van der Waals surface area contributed by atoms with Crippen LogP contribution in [0.4, 0.5) is 0 Å². The number of hydrogen-bond donors (Lipinski definition) is 0. The quantitative estimate of drug-likeness (QED) is 0.237. The molecule has 4 aromatic rings. The second kappa shape index (κ2) is 9.11. The van der Waals surface area contributed by atoms with Gasteiger partial charge in [0.1, 0.15) is 0 Å². The molecule has 0 amide bonds. The van der Waals surface area contributed by atoms with Crippen molar-refractivity contribution in [3.05, 3.63) is 99.5 Å². The minimum atomic E-state index is -0.952. The van der Waals surface area contributed by atoms with Crippen molar-refractivity contribution in [2.75, 3.05) is 0 Å². The average Bonchev–Trinajstić information content (AvgIpc) is 2.79. The molecule has 0 saturated carbocycles. The van der Waals surface area contributed by atoms with E-state index in [1.54, 1.807) is 55.5 Å². The Labute approximate surface area is 195 Å². The number of esters is 1. The van der Waals surface area contributed by atoms with Crippen molar-refractivity contribution in [2.45, 2.75) is 20.0 Å². The molecule has 0 saturated heterocycles. The van der Waals surface area contributed by atoms with E-state index in [0.29, 0.717) is 32.2 Å². The molecule has 0 bridgehead atoms. The average molecular weight is 464 g/mol. The largest absolute Gasteiger partial charge is 0.451 e. The van der Waals surface area contributed by atoms with Crippen LogP contribution in [0, 0.1) is 6.92 Å². The predicted molar refractivity (Wildman–Crippen MR) is 128 cm³/mol. The van der Waals surface area contributed by atoms with Gasteiger partial charge in [0.05, 0.1) is 21.8 Å². The van der Waals surface area contributed by atoms with Crippen molar-refractivity contribution < 1.29 is 14.3 Å². The molecule has 4 rings (SSSR count). The fourth-order valence-corrected chi connectivity index (χ4v) is 3.72. The van der Waals surface area contributed by atoms with Gasteiger partial charge in [-0.2, -0.15) is 0 Å². The Morgan fingerprint density at radius 3 is 2.31 bits per heavy atom. The summed E-state index contributed by atoms with van der Waals surface area (Å²) >= 11 is 12.4. The molecule has 1 atom stereocenters. The number of nitrogens with zero attached hydrogens (tertiary/aromatic N) is 1. The molecule has 0 aliphatic heterocycles. The lowest BCUT2D eigenvalue weighted by Crippen LogP contribution is -2.24. The zero-order valence-corrected chi connectivity index (χ0v) is 18.9. The molecule has 1 heterocycles. The number of ether oxygens (including phenoxy) is 1. The summed E-state index contributed by atoms with van der Waals surface area (Å²) in [4.78, 5) is 30.5. The zero-order valence-electron chi connectivity index (χ0n) is 17.4. The van der Waals surface area contributed by atoms with Crippen molar-refractivity contribution in [3.8, 4) is 11.3 Å². The van der Waals surface area contributed by atoms with Gasteiger partial charge in [0, 0.05) is 21.5 Å². The van der Waals surface area contributed by atoms with Crippen LogP contribution in [0.5, 0.6) is 0 Å². The maximum atomic E-state index is 13.1. The highest BCUT2D eigenvalue weighted by molar-refractivity contribution is 6.35. The Balaban J connectivity index is 1.71. The van der Waals surface area contributed by atoms with Crippen LogP contribution >= 0.6 is 23.2 Å². The fourth-order valence-electron chi connectivity index (χ4n) is 3.38. The van der Waals surface area contributed by atoms with E-state index in [9.17, 15) is 9.59 Å². The molecule has 0 fully saturated rings. The van der Waals surface area contributed by atoms with Gasteiger partial charge < -0.3 is 4.74 Å². The summed E-state index contributed by atoms with van der Waals surface area (Å²) in [5.74, 6) is -0.893. The number of carbonyl (C=O) groups is 2. The van der Waals surface area contributed by atoms with E-state index < -0.39 is 12.1 Å². The number of para-hydroxylation sites is 1. The van der Waals surface area contributed by atoms with Crippen molar-refractivity contribution in [1.29, 1.82) is 0 Å². The van der Waals surface area contributed by atoms with Gasteiger partial charge in [-0.25, -0.2) is 9.78 Å². The van der Waals surface area contributed by atoms with Crippen LogP contribution in [-0.2, 0) is 4.74 Å². The Bertz CT molecular complexity index is 1320. The van der Waals surface area contributed by atoms with Crippen molar-refractivity contribution in [3.63, 3.8) is 0 Å². The monoisotopic (exact) mass is 463 g/mol. The summed E-state index contributed by atoms with van der Waals surface area (Å²) in [6.07, 6.45) is -0.952. The standard InChI is InChI=1S/C26H19Cl2NO3/c1-15-6-8-18(9-7-15)25(30)16(2)32-26(31)21-14-23(17-10-12-19(27)13-11-17)29-24-20(21)4-3-5-22(24)28/h3-14,16H,1-2H3/t16-/m0/s1. The maximum Gasteiger partial charge on any atom is 0.339 e. The zero-order chi connectivity index (χ0) is 22.8. The second-order valence-corrected chi connectivity index (χ2v) is 8.32. The molecule has 1 aromatic heterocycles. The SMILES string of the molecule is Cc1ccc(C(=O)[C@H](C)OC(=O)c2cc(-c3ccc(Cl)cc3)nc3c(Cl)cccc23)cc1. The van der Waals surface area contributed by atoms with E-state index in [2.05, 4.69) is 4.98 Å². The molecule has 160 valence electrons. The Hall–Kier alpha value is -3.21. The minimum absolute atomic E-state index is 0.271. The molecular weight excluding hydrogens is 445 g/mol. The summed E-state index contributed by atoms with van der Waals surface area (Å²) in [6.45, 7) is 3.51. The molecule has 0 N–H and O–H groups in total. The molecular formula is C26H19Cl2NO3. The fraction of sp³-hybridized carbons (Fsp3) is 0.115. The lowest BCUT2D eigenvalue weighted by Gasteiger charge is -2.15. The Morgan fingerprint density at radius 2 is 1.62 bits per heavy atom. The van der Waals surface area contributed by atoms with Crippen molar-refractivity contribution in [1.82, 2.24) is 4.98 Å². The lowest BCUT2D eigenvalue weighted by molar-refractivity contribution is 0.0320. The number of halogens is 2. The maximum absolute atomic E-state index is 13.1. The molecule has 4 nitrogen and oxygen atoms in total. The summed E-state index contributed by atoms with van der Waals surface area (Å²) in [5, 5.41) is 1.56. The van der Waals surface area contributed by atoms with Crippen LogP contribution in [0.3, 0.4) is 0 Å². The number of carbonyl (C=O) groups excluding carboxylic acids is 2. The molecule has 0 aliphatic carbocycles. The highest BCUT2D eigenvalue weighted by atomic mass is 35.5. The van der Waals surface area contributed by atoms with Gasteiger partial charge in [0.15, 0.2) is 6.10 Å². The van der Waals surface area contributed by atoms with E-state index in [4.69, 9.17) is 27.9 Å². The van der Waals surface area contributed by atoms with Gasteiger partial charge in [-0.15, -0.1) is 0 Å². The smallest absolute Gasteiger partial charge is 0.339 e. The first-order chi connectivity index (χ1) is 15.3. The molecule has 3 aromatic carbocycles. The lowest BCUT2D eigenvalue weighted by atomic mass is 10.0. The molecule has 0 unspecified atom stereocenters. The number of hydrogen-bond acceptors (Lipinski definition) is 4. The summed E-state index contributed by atoms with van der Waals surface area (Å²) in [6, 6.07) is 21.1. The van der Waals surface area contributed by atoms with Crippen LogP contribution in [0.25, 0.3) is 22.2 Å². The summed E-state index contributed by atoms with van der Waals surface area (Å²) in [7, 11) is 0. The number of ketones is 1. The Kier molecular flexibility index (Phi) is 6.26. The summed E-state index contributed by atoms with van der Waals surface area (Å²) in [5.41, 5.74) is 3.61. The van der Waals surface area contributed by atoms with E-state index in [0.717, 1.165) is 11.1 Å². The molecule has 6 heteroatoms. The topological polar surface area (TPSA) is 56.3 Å². The van der Waals surface area contributed by atoms with Gasteiger partial charge >= 0.3 is 5.97 Å². The van der Waals surface area contributed by atoms with Gasteiger partial charge in [0.25, 0.3) is 0 Å². The molecule has 0 spiro atoms. The van der Waals surface area contributed by atoms with E-state index >= 15 is 0 Å². The number of benzene rings is 3. The first kappa shape index (κ1) is 22.0. The van der Waals surface area contributed by atoms with Gasteiger partial charge in [-0.05, 0) is 38.1 Å². The number of pyridine rings is 1. The highest BCUT2D eigenvalue weighted by Crippen LogP contribution is 2.30. The third kappa shape index (κ3) is 4.52. The number of fused-ring (bicyclic) bond motifs is 1. The summed E-state index contributed by atoms with van der Waals surface area (Å²) < 4.78 is 5.56. The normalized spacial score (nSPS) is 11.9. The number of rotatable bonds is 5. The number of Topliss-reactive ketones (excluding diaryl/α,β-unsaturated/α-hetero) is 1. The third-order valence-corrected chi connectivity index (χ3v) is 5.70. The van der Waals surface area contributed by atoms with Crippen LogP contribution < -0.4 is 0 Å². The van der Waals surface area contributed by atoms with Gasteiger partial charge in [-0.1, -0.05) is 77.3 Å². The van der Waals surface area contributed by atoms with Crippen molar-refractivity contribution in [2.24, 2.45) is 0 Å². The first-order valence-corrected chi connectivity index (χ1v) is 10.8. The van der Waals surface area contributed by atoms with E-state index in [1.165, 1.54) is 0 Å². The van der Waals surface area contributed by atoms with Crippen LogP contribution in [-0.4, -0.2) is 22.8 Å². The third-order valence-electron chi connectivity index (χ3n) is 5.14. The Morgan fingerprint density at radius 1 is 0.938 bits per heavy atom. The molecule has 0 aliphatic rings. The number of aryl methyl sites for hydroxylation is 1. The van der Waals surface area contributed by atoms with Crippen LogP contribution in [0.2, 0.25) is 10.0 Å². The van der Waals surface area contributed by atoms with Crippen molar-refractivity contribution >= 4 is 45.9 Å². The number of aromatic nitrogens is 1. The van der Waals surface area contributed by atoms with Gasteiger partial charge in [-0.3, -0.25) is 4.79 Å².